The van der Waals surface area contributed by atoms with Crippen LogP contribution >= 0.6 is 0 Å². The van der Waals surface area contributed by atoms with Crippen molar-refractivity contribution < 1.29 is 48.5 Å². The summed E-state index contributed by atoms with van der Waals surface area (Å²) in [4.78, 5) is 0. The lowest BCUT2D eigenvalue weighted by molar-refractivity contribution is -0.400. The fourth-order valence-electron chi connectivity index (χ4n) is 5.73. The van der Waals surface area contributed by atoms with E-state index in [1.807, 2.05) is 60.7 Å². The molecule has 2 saturated heterocycles. The standard InChI is InChI=1S/C30H40O10/c1-21(34-2)30(33)24(17-31)39-29(16-15-25(35-3)36-4)27(38-19-23-13-9-6-10-14-23)26(28(30,20-32)40-29)37-18-22-11-7-5-8-12-22/h5-14,24-27,31-33H,1,15-20H2,2-4H3/t24-,26-,27-,28-,29+,30+/m1/s1. The van der Waals surface area contributed by atoms with Crippen LogP contribution in [0.25, 0.3) is 0 Å². The molecule has 2 aliphatic heterocycles. The molecule has 3 N–H and O–H groups in total. The van der Waals surface area contributed by atoms with Crippen molar-refractivity contribution in [2.45, 2.75) is 67.6 Å². The van der Waals surface area contributed by atoms with Crippen molar-refractivity contribution in [3.05, 3.63) is 84.1 Å². The number of methoxy groups -OCH3 is 3. The first-order valence-electron chi connectivity index (χ1n) is 13.3. The van der Waals surface area contributed by atoms with E-state index in [9.17, 15) is 15.3 Å². The average molecular weight is 561 g/mol. The number of hydrogen-bond donors (Lipinski definition) is 3. The number of benzene rings is 2. The summed E-state index contributed by atoms with van der Waals surface area (Å²) in [5, 5.41) is 33.7. The molecular weight excluding hydrogens is 520 g/mol. The first kappa shape index (κ1) is 30.6. The molecule has 220 valence electrons. The van der Waals surface area contributed by atoms with Gasteiger partial charge in [0.05, 0.1) is 33.5 Å². The van der Waals surface area contributed by atoms with Crippen molar-refractivity contribution in [1.29, 1.82) is 0 Å². The Hall–Kier alpha value is -2.38. The maximum absolute atomic E-state index is 12.2. The van der Waals surface area contributed by atoms with Crippen molar-refractivity contribution in [3.63, 3.8) is 0 Å². The van der Waals surface area contributed by atoms with Gasteiger partial charge in [-0.15, -0.1) is 0 Å². The predicted molar refractivity (Wildman–Crippen MR) is 144 cm³/mol. The maximum atomic E-state index is 12.2. The van der Waals surface area contributed by atoms with Gasteiger partial charge >= 0.3 is 0 Å². The van der Waals surface area contributed by atoms with Gasteiger partial charge in [0.2, 0.25) is 0 Å². The molecule has 0 radical (unpaired) electrons. The molecule has 2 aliphatic rings. The zero-order valence-corrected chi connectivity index (χ0v) is 23.2. The molecule has 2 aromatic rings. The lowest BCUT2D eigenvalue weighted by atomic mass is 9.74. The van der Waals surface area contributed by atoms with Gasteiger partial charge in [0, 0.05) is 27.1 Å². The summed E-state index contributed by atoms with van der Waals surface area (Å²) in [5.41, 5.74) is -2.33. The van der Waals surface area contributed by atoms with Crippen LogP contribution < -0.4 is 0 Å². The van der Waals surface area contributed by atoms with Crippen molar-refractivity contribution in [3.8, 4) is 0 Å². The van der Waals surface area contributed by atoms with E-state index in [2.05, 4.69) is 6.58 Å². The normalized spacial score (nSPS) is 31.4. The Morgan fingerprint density at radius 1 is 0.900 bits per heavy atom. The molecule has 0 spiro atoms. The minimum Gasteiger partial charge on any atom is -0.498 e. The number of ether oxygens (including phenoxy) is 7. The smallest absolute Gasteiger partial charge is 0.199 e. The van der Waals surface area contributed by atoms with Gasteiger partial charge in [-0.25, -0.2) is 0 Å². The zero-order chi connectivity index (χ0) is 28.8. The summed E-state index contributed by atoms with van der Waals surface area (Å²) in [5.74, 6) is -1.72. The van der Waals surface area contributed by atoms with Crippen LogP contribution in [0.2, 0.25) is 0 Å². The lowest BCUT2D eigenvalue weighted by Crippen LogP contribution is -2.73. The third kappa shape index (κ3) is 5.44. The number of fused-ring (bicyclic) bond motifs is 2. The largest absolute Gasteiger partial charge is 0.498 e. The van der Waals surface area contributed by atoms with Crippen molar-refractivity contribution >= 4 is 0 Å². The van der Waals surface area contributed by atoms with Crippen LogP contribution in [0.3, 0.4) is 0 Å². The van der Waals surface area contributed by atoms with E-state index >= 15 is 0 Å². The fourth-order valence-corrected chi connectivity index (χ4v) is 5.73. The van der Waals surface area contributed by atoms with Gasteiger partial charge in [0.25, 0.3) is 0 Å². The van der Waals surface area contributed by atoms with Crippen molar-refractivity contribution in [2.24, 2.45) is 0 Å². The van der Waals surface area contributed by atoms with Crippen LogP contribution in [0.15, 0.2) is 73.0 Å². The van der Waals surface area contributed by atoms with Gasteiger partial charge in [-0.05, 0) is 11.1 Å². The quantitative estimate of drug-likeness (QED) is 0.221. The van der Waals surface area contributed by atoms with E-state index in [0.29, 0.717) is 6.42 Å². The van der Waals surface area contributed by atoms with E-state index in [1.54, 1.807) is 0 Å². The Morgan fingerprint density at radius 3 is 1.93 bits per heavy atom. The van der Waals surface area contributed by atoms with Crippen LogP contribution in [-0.4, -0.2) is 91.5 Å². The first-order valence-corrected chi connectivity index (χ1v) is 13.3. The van der Waals surface area contributed by atoms with Crippen molar-refractivity contribution in [2.75, 3.05) is 34.5 Å². The summed E-state index contributed by atoms with van der Waals surface area (Å²) in [7, 11) is 4.38. The molecule has 2 fully saturated rings. The fraction of sp³-hybridized carbons (Fsp3) is 0.533. The first-order chi connectivity index (χ1) is 19.3. The zero-order valence-electron chi connectivity index (χ0n) is 23.2. The Labute approximate surface area is 235 Å². The minimum absolute atomic E-state index is 0.121. The maximum Gasteiger partial charge on any atom is 0.199 e. The summed E-state index contributed by atoms with van der Waals surface area (Å²) >= 11 is 0. The second-order valence-electron chi connectivity index (χ2n) is 10.0. The molecule has 0 amide bonds. The van der Waals surface area contributed by atoms with Crippen LogP contribution in [0.1, 0.15) is 24.0 Å². The van der Waals surface area contributed by atoms with Crippen LogP contribution in [0.5, 0.6) is 0 Å². The Morgan fingerprint density at radius 2 is 1.45 bits per heavy atom. The molecule has 2 heterocycles. The highest BCUT2D eigenvalue weighted by molar-refractivity contribution is 5.30. The van der Waals surface area contributed by atoms with Gasteiger partial charge in [-0.2, -0.15) is 0 Å². The summed E-state index contributed by atoms with van der Waals surface area (Å²) in [6.07, 6.45) is -3.46. The second-order valence-corrected chi connectivity index (χ2v) is 10.0. The molecule has 10 heteroatoms. The summed E-state index contributed by atoms with van der Waals surface area (Å²) in [6.45, 7) is 2.83. The van der Waals surface area contributed by atoms with E-state index < -0.39 is 54.8 Å². The number of rotatable bonds is 15. The molecule has 4 rings (SSSR count). The number of aliphatic hydroxyl groups excluding tert-OH is 2. The number of hydrogen-bond acceptors (Lipinski definition) is 10. The van der Waals surface area contributed by atoms with Crippen molar-refractivity contribution in [1.82, 2.24) is 0 Å². The molecule has 2 bridgehead atoms. The third-order valence-corrected chi connectivity index (χ3v) is 7.85. The average Bonchev–Trinajstić information content (AvgIpc) is 3.24. The molecule has 0 aromatic heterocycles. The minimum atomic E-state index is -2.21. The Kier molecular flexibility index (Phi) is 9.99. The van der Waals surface area contributed by atoms with Crippen LogP contribution in [0, 0.1) is 0 Å². The Bertz CT molecular complexity index is 1080. The topological polar surface area (TPSA) is 125 Å². The SMILES string of the molecule is C=C(OC)[C@]1(O)[C@@H](CO)O[C@@]2(CCC(OC)OC)O[C@]1(CO)[C@H](OCc1ccccc1)[C@H]2OCc1ccccc1. The third-order valence-electron chi connectivity index (χ3n) is 7.85. The lowest BCUT2D eigenvalue weighted by Gasteiger charge is -2.53. The highest BCUT2D eigenvalue weighted by Crippen LogP contribution is 2.58. The molecule has 40 heavy (non-hydrogen) atoms. The summed E-state index contributed by atoms with van der Waals surface area (Å²) < 4.78 is 42.2. The van der Waals surface area contributed by atoms with E-state index in [4.69, 9.17) is 33.2 Å². The molecule has 10 nitrogen and oxygen atoms in total. The van der Waals surface area contributed by atoms with Gasteiger partial charge in [0.15, 0.2) is 23.3 Å². The van der Waals surface area contributed by atoms with Crippen LogP contribution in [-0.2, 0) is 46.4 Å². The monoisotopic (exact) mass is 560 g/mol. The highest BCUT2D eigenvalue weighted by Gasteiger charge is 2.79. The highest BCUT2D eigenvalue weighted by atomic mass is 16.8. The number of aliphatic hydroxyl groups is 3. The molecule has 0 unspecified atom stereocenters. The molecule has 2 aromatic carbocycles. The molecule has 0 aliphatic carbocycles. The summed E-state index contributed by atoms with van der Waals surface area (Å²) in [6, 6.07) is 19.0. The van der Waals surface area contributed by atoms with E-state index in [-0.39, 0.29) is 25.4 Å². The van der Waals surface area contributed by atoms with Crippen LogP contribution in [0.4, 0.5) is 0 Å². The van der Waals surface area contributed by atoms with Gasteiger partial charge in [-0.1, -0.05) is 67.2 Å². The Balaban J connectivity index is 1.82. The second kappa shape index (κ2) is 13.1. The predicted octanol–water partition coefficient (Wildman–Crippen LogP) is 2.30. The van der Waals surface area contributed by atoms with E-state index in [0.717, 1.165) is 11.1 Å². The van der Waals surface area contributed by atoms with Gasteiger partial charge < -0.3 is 48.5 Å². The van der Waals surface area contributed by atoms with Gasteiger partial charge in [-0.3, -0.25) is 0 Å². The molecule has 0 saturated carbocycles. The molecule has 6 atom stereocenters. The molecular formula is C30H40O10. The van der Waals surface area contributed by atoms with Gasteiger partial charge in [0.1, 0.15) is 24.1 Å². The van der Waals surface area contributed by atoms with E-state index in [1.165, 1.54) is 21.3 Å².